The quantitative estimate of drug-likeness (QED) is 0.537. The summed E-state index contributed by atoms with van der Waals surface area (Å²) in [5.74, 6) is 1.54. The van der Waals surface area contributed by atoms with E-state index in [0.717, 1.165) is 17.2 Å². The molecule has 0 atom stereocenters. The van der Waals surface area contributed by atoms with E-state index in [1.165, 1.54) is 0 Å². The van der Waals surface area contributed by atoms with Gasteiger partial charge in [0.1, 0.15) is 0 Å². The lowest BCUT2D eigenvalue weighted by atomic mass is 10.3. The molecule has 3 heteroatoms. The Balaban J connectivity index is 2.52. The first-order chi connectivity index (χ1) is 4.86. The van der Waals surface area contributed by atoms with Crippen LogP contribution in [0.3, 0.4) is 0 Å². The standard InChI is InChI=1S/C7H7NO2/c1-5-2-6-7(3-8-5)10-4-9-6/h2-3H,4H2,1H3. The zero-order valence-corrected chi connectivity index (χ0v) is 5.63. The number of pyridine rings is 1. The van der Waals surface area contributed by atoms with Gasteiger partial charge in [-0.2, -0.15) is 0 Å². The average molecular weight is 137 g/mol. The molecular weight excluding hydrogens is 130 g/mol. The van der Waals surface area contributed by atoms with Crippen molar-refractivity contribution in [3.05, 3.63) is 18.0 Å². The number of fused-ring (bicyclic) bond motifs is 1. The van der Waals surface area contributed by atoms with Gasteiger partial charge in [-0.3, -0.25) is 4.98 Å². The molecule has 0 N–H and O–H groups in total. The predicted octanol–water partition coefficient (Wildman–Crippen LogP) is 1.12. The molecule has 1 aromatic rings. The molecule has 52 valence electrons. The molecule has 0 bridgehead atoms. The SMILES string of the molecule is Cc1cc2c(cn1)OCO2. The van der Waals surface area contributed by atoms with E-state index in [-0.39, 0.29) is 0 Å². The summed E-state index contributed by atoms with van der Waals surface area (Å²) >= 11 is 0. The molecule has 0 spiro atoms. The van der Waals surface area contributed by atoms with Crippen molar-refractivity contribution in [1.29, 1.82) is 0 Å². The minimum Gasteiger partial charge on any atom is -0.453 e. The second-order valence-electron chi connectivity index (χ2n) is 2.18. The van der Waals surface area contributed by atoms with Crippen molar-refractivity contribution in [3.63, 3.8) is 0 Å². The normalized spacial score (nSPS) is 13.7. The van der Waals surface area contributed by atoms with Gasteiger partial charge in [-0.1, -0.05) is 0 Å². The molecule has 0 fully saturated rings. The summed E-state index contributed by atoms with van der Waals surface area (Å²) in [7, 11) is 0. The Labute approximate surface area is 58.6 Å². The summed E-state index contributed by atoms with van der Waals surface area (Å²) in [6.45, 7) is 2.24. The molecule has 0 amide bonds. The molecule has 3 nitrogen and oxygen atoms in total. The first-order valence-electron chi connectivity index (χ1n) is 3.08. The van der Waals surface area contributed by atoms with Crippen LogP contribution in [0.25, 0.3) is 0 Å². The molecule has 0 aromatic carbocycles. The zero-order chi connectivity index (χ0) is 6.97. The van der Waals surface area contributed by atoms with E-state index in [2.05, 4.69) is 4.98 Å². The second kappa shape index (κ2) is 1.87. The lowest BCUT2D eigenvalue weighted by Crippen LogP contribution is -1.92. The number of aromatic nitrogens is 1. The van der Waals surface area contributed by atoms with E-state index in [1.54, 1.807) is 6.20 Å². The van der Waals surface area contributed by atoms with Gasteiger partial charge in [-0.05, 0) is 6.92 Å². The Morgan fingerprint density at radius 3 is 3.10 bits per heavy atom. The van der Waals surface area contributed by atoms with Crippen molar-refractivity contribution in [2.45, 2.75) is 6.92 Å². The fourth-order valence-electron chi connectivity index (χ4n) is 0.900. The average Bonchev–Trinajstić information content (AvgIpc) is 2.33. The highest BCUT2D eigenvalue weighted by Crippen LogP contribution is 2.30. The lowest BCUT2D eigenvalue weighted by molar-refractivity contribution is 0.174. The Morgan fingerprint density at radius 2 is 2.20 bits per heavy atom. The maximum atomic E-state index is 5.12. The van der Waals surface area contributed by atoms with E-state index in [1.807, 2.05) is 13.0 Å². The summed E-state index contributed by atoms with van der Waals surface area (Å²) in [6.07, 6.45) is 1.68. The maximum Gasteiger partial charge on any atom is 0.231 e. The molecule has 1 aromatic heterocycles. The minimum atomic E-state index is 0.320. The highest BCUT2D eigenvalue weighted by Gasteiger charge is 2.12. The summed E-state index contributed by atoms with van der Waals surface area (Å²) in [4.78, 5) is 4.05. The van der Waals surface area contributed by atoms with Crippen LogP contribution in [-0.2, 0) is 0 Å². The molecule has 1 aliphatic rings. The van der Waals surface area contributed by atoms with Crippen LogP contribution in [0.2, 0.25) is 0 Å². The van der Waals surface area contributed by atoms with Gasteiger partial charge in [0, 0.05) is 11.8 Å². The number of hydrogen-bond donors (Lipinski definition) is 0. The van der Waals surface area contributed by atoms with Gasteiger partial charge in [-0.15, -0.1) is 0 Å². The van der Waals surface area contributed by atoms with Gasteiger partial charge in [-0.25, -0.2) is 0 Å². The van der Waals surface area contributed by atoms with Crippen LogP contribution < -0.4 is 9.47 Å². The molecule has 0 unspecified atom stereocenters. The van der Waals surface area contributed by atoms with Gasteiger partial charge in [0.2, 0.25) is 6.79 Å². The first-order valence-corrected chi connectivity index (χ1v) is 3.08. The summed E-state index contributed by atoms with van der Waals surface area (Å²) in [5.41, 5.74) is 0.948. The Bertz CT molecular complexity index is 260. The number of hydrogen-bond acceptors (Lipinski definition) is 3. The number of nitrogens with zero attached hydrogens (tertiary/aromatic N) is 1. The monoisotopic (exact) mass is 137 g/mol. The Morgan fingerprint density at radius 1 is 1.40 bits per heavy atom. The van der Waals surface area contributed by atoms with Crippen molar-refractivity contribution in [1.82, 2.24) is 4.98 Å². The van der Waals surface area contributed by atoms with Crippen LogP contribution in [0.5, 0.6) is 11.5 Å². The van der Waals surface area contributed by atoms with E-state index < -0.39 is 0 Å². The topological polar surface area (TPSA) is 31.4 Å². The van der Waals surface area contributed by atoms with Gasteiger partial charge in [0.05, 0.1) is 6.20 Å². The predicted molar refractivity (Wildman–Crippen MR) is 35.1 cm³/mol. The lowest BCUT2D eigenvalue weighted by Gasteiger charge is -1.93. The molecule has 0 radical (unpaired) electrons. The van der Waals surface area contributed by atoms with Crippen LogP contribution >= 0.6 is 0 Å². The van der Waals surface area contributed by atoms with Crippen molar-refractivity contribution >= 4 is 0 Å². The molecule has 2 rings (SSSR count). The van der Waals surface area contributed by atoms with Crippen LogP contribution in [0.1, 0.15) is 5.69 Å². The summed E-state index contributed by atoms with van der Waals surface area (Å²) in [6, 6.07) is 1.86. The third-order valence-corrected chi connectivity index (χ3v) is 1.40. The third kappa shape index (κ3) is 0.708. The molecule has 2 heterocycles. The van der Waals surface area contributed by atoms with Gasteiger partial charge in [0.25, 0.3) is 0 Å². The van der Waals surface area contributed by atoms with E-state index in [4.69, 9.17) is 9.47 Å². The molecule has 10 heavy (non-hydrogen) atoms. The number of rotatable bonds is 0. The highest BCUT2D eigenvalue weighted by atomic mass is 16.7. The van der Waals surface area contributed by atoms with Crippen molar-refractivity contribution in [2.24, 2.45) is 0 Å². The van der Waals surface area contributed by atoms with E-state index >= 15 is 0 Å². The zero-order valence-electron chi connectivity index (χ0n) is 5.63. The number of aryl methyl sites for hydroxylation is 1. The van der Waals surface area contributed by atoms with Gasteiger partial charge in [0.15, 0.2) is 11.5 Å². The van der Waals surface area contributed by atoms with E-state index in [9.17, 15) is 0 Å². The van der Waals surface area contributed by atoms with Crippen LogP contribution in [0.15, 0.2) is 12.3 Å². The second-order valence-corrected chi connectivity index (χ2v) is 2.18. The Kier molecular flexibility index (Phi) is 1.03. The van der Waals surface area contributed by atoms with Crippen molar-refractivity contribution in [3.8, 4) is 11.5 Å². The van der Waals surface area contributed by atoms with Crippen LogP contribution in [0.4, 0.5) is 0 Å². The molecule has 0 saturated heterocycles. The van der Waals surface area contributed by atoms with Crippen LogP contribution in [0, 0.1) is 6.92 Å². The molecular formula is C7H7NO2. The third-order valence-electron chi connectivity index (χ3n) is 1.40. The molecule has 0 aliphatic carbocycles. The largest absolute Gasteiger partial charge is 0.453 e. The minimum absolute atomic E-state index is 0.320. The fourth-order valence-corrected chi connectivity index (χ4v) is 0.900. The van der Waals surface area contributed by atoms with Crippen LogP contribution in [-0.4, -0.2) is 11.8 Å². The maximum absolute atomic E-state index is 5.12. The summed E-state index contributed by atoms with van der Waals surface area (Å²) < 4.78 is 10.2. The van der Waals surface area contributed by atoms with Gasteiger partial charge < -0.3 is 9.47 Å². The fraction of sp³-hybridized carbons (Fsp3) is 0.286. The highest BCUT2D eigenvalue weighted by molar-refractivity contribution is 5.40. The Hall–Kier alpha value is -1.25. The summed E-state index contributed by atoms with van der Waals surface area (Å²) in [5, 5.41) is 0. The number of ether oxygens (including phenoxy) is 2. The van der Waals surface area contributed by atoms with E-state index in [0.29, 0.717) is 6.79 Å². The first kappa shape index (κ1) is 5.53. The molecule has 1 aliphatic heterocycles. The van der Waals surface area contributed by atoms with Gasteiger partial charge >= 0.3 is 0 Å². The van der Waals surface area contributed by atoms with Crippen molar-refractivity contribution in [2.75, 3.05) is 6.79 Å². The molecule has 0 saturated carbocycles. The van der Waals surface area contributed by atoms with Crippen molar-refractivity contribution < 1.29 is 9.47 Å². The smallest absolute Gasteiger partial charge is 0.231 e.